The third-order valence-corrected chi connectivity index (χ3v) is 5.85. The lowest BCUT2D eigenvalue weighted by Gasteiger charge is -2.30. The molecule has 1 aromatic heterocycles. The molecule has 1 saturated heterocycles. The lowest BCUT2D eigenvalue weighted by atomic mass is 9.74. The van der Waals surface area contributed by atoms with Crippen molar-refractivity contribution < 1.29 is 19.0 Å². The Morgan fingerprint density at radius 1 is 1.16 bits per heavy atom. The van der Waals surface area contributed by atoms with Crippen molar-refractivity contribution in [3.05, 3.63) is 46.8 Å². The molecule has 0 radical (unpaired) electrons. The Kier molecular flexibility index (Phi) is 6.54. The molecule has 2 aromatic rings. The average Bonchev–Trinajstić information content (AvgIpc) is 3.21. The van der Waals surface area contributed by atoms with Crippen molar-refractivity contribution in [2.24, 2.45) is 0 Å². The first kappa shape index (κ1) is 22.6. The van der Waals surface area contributed by atoms with Crippen LogP contribution in [-0.4, -0.2) is 77.0 Å². The van der Waals surface area contributed by atoms with Crippen LogP contribution in [0.25, 0.3) is 0 Å². The number of carbonyl (C=O) groups is 3. The second-order valence-corrected chi connectivity index (χ2v) is 8.45. The summed E-state index contributed by atoms with van der Waals surface area (Å²) in [4.78, 5) is 44.4. The highest BCUT2D eigenvalue weighted by Gasteiger charge is 2.54. The van der Waals surface area contributed by atoms with Crippen molar-refractivity contribution in [2.75, 3.05) is 34.2 Å². The van der Waals surface area contributed by atoms with Gasteiger partial charge in [-0.1, -0.05) is 34.6 Å². The first-order valence-corrected chi connectivity index (χ1v) is 10.2. The Labute approximate surface area is 181 Å². The summed E-state index contributed by atoms with van der Waals surface area (Å²) in [6.45, 7) is 4.72. The number of benzene rings is 1. The maximum absolute atomic E-state index is 13.6. The summed E-state index contributed by atoms with van der Waals surface area (Å²) in [6, 6.07) is 7.46. The molecule has 1 atom stereocenters. The van der Waals surface area contributed by atoms with Crippen molar-refractivity contribution in [3.8, 4) is 0 Å². The summed E-state index contributed by atoms with van der Waals surface area (Å²) < 4.78 is 4.71. The van der Waals surface area contributed by atoms with Gasteiger partial charge < -0.3 is 9.80 Å². The molecule has 1 aliphatic heterocycles. The fourth-order valence-corrected chi connectivity index (χ4v) is 3.98. The van der Waals surface area contributed by atoms with Gasteiger partial charge in [-0.25, -0.2) is 4.63 Å². The molecule has 1 aliphatic rings. The second-order valence-electron chi connectivity index (χ2n) is 8.45. The molecule has 31 heavy (non-hydrogen) atoms. The van der Waals surface area contributed by atoms with Gasteiger partial charge in [0.2, 0.25) is 17.7 Å². The molecule has 0 aliphatic carbocycles. The molecule has 3 rings (SSSR count). The van der Waals surface area contributed by atoms with Crippen molar-refractivity contribution in [1.29, 1.82) is 0 Å². The number of hydrogen-bond acceptors (Lipinski definition) is 7. The molecule has 166 valence electrons. The van der Waals surface area contributed by atoms with Gasteiger partial charge in [-0.3, -0.25) is 19.3 Å². The average molecular weight is 428 g/mol. The molecule has 3 amide bonds. The molecule has 0 bridgehead atoms. The number of rotatable bonds is 8. The number of carbonyl (C=O) groups excluding carboxylic acids is 3. The topological polar surface area (TPSA) is 99.8 Å². The molecule has 0 N–H and O–H groups in total. The zero-order valence-corrected chi connectivity index (χ0v) is 18.7. The van der Waals surface area contributed by atoms with Crippen LogP contribution in [0.3, 0.4) is 0 Å². The first-order valence-electron chi connectivity index (χ1n) is 10.2. The first-order chi connectivity index (χ1) is 14.7. The zero-order chi connectivity index (χ0) is 22.8. The van der Waals surface area contributed by atoms with E-state index in [-0.39, 0.29) is 37.1 Å². The maximum atomic E-state index is 13.6. The summed E-state index contributed by atoms with van der Waals surface area (Å²) in [5.41, 5.74) is 1.56. The lowest BCUT2D eigenvalue weighted by Crippen LogP contribution is -2.44. The number of likely N-dealkylation sites (tertiary alicyclic amines) is 1. The summed E-state index contributed by atoms with van der Waals surface area (Å²) in [5, 5.41) is 7.56. The zero-order valence-electron chi connectivity index (χ0n) is 18.7. The Hall–Kier alpha value is -3.07. The monoisotopic (exact) mass is 427 g/mol. The van der Waals surface area contributed by atoms with Gasteiger partial charge in [0.05, 0.1) is 12.0 Å². The number of aryl methyl sites for hydroxylation is 2. The van der Waals surface area contributed by atoms with Gasteiger partial charge in [-0.15, -0.1) is 0 Å². The molecule has 1 unspecified atom stereocenters. The fraction of sp³-hybridized carbons (Fsp3) is 0.500. The molecule has 2 heterocycles. The van der Waals surface area contributed by atoms with E-state index in [4.69, 9.17) is 4.63 Å². The number of aromatic nitrogens is 2. The third kappa shape index (κ3) is 4.51. The molecular weight excluding hydrogens is 398 g/mol. The van der Waals surface area contributed by atoms with Crippen molar-refractivity contribution in [1.82, 2.24) is 25.0 Å². The van der Waals surface area contributed by atoms with Crippen LogP contribution >= 0.6 is 0 Å². The lowest BCUT2D eigenvalue weighted by molar-refractivity contribution is -0.142. The number of nitrogens with zero attached hydrogens (tertiary/aromatic N) is 5. The Balaban J connectivity index is 1.92. The van der Waals surface area contributed by atoms with Crippen molar-refractivity contribution in [3.63, 3.8) is 0 Å². The minimum atomic E-state index is -1.21. The van der Waals surface area contributed by atoms with Crippen LogP contribution in [-0.2, 0) is 26.3 Å². The molecular formula is C22H29N5O4. The Morgan fingerprint density at radius 3 is 2.48 bits per heavy atom. The van der Waals surface area contributed by atoms with E-state index >= 15 is 0 Å². The van der Waals surface area contributed by atoms with Gasteiger partial charge in [0.25, 0.3) is 0 Å². The predicted octanol–water partition coefficient (Wildman–Crippen LogP) is 1.29. The van der Waals surface area contributed by atoms with Crippen LogP contribution in [0.1, 0.15) is 35.4 Å². The van der Waals surface area contributed by atoms with Gasteiger partial charge in [0, 0.05) is 33.0 Å². The molecule has 9 heteroatoms. The fourth-order valence-electron chi connectivity index (χ4n) is 3.98. The van der Waals surface area contributed by atoms with E-state index in [2.05, 4.69) is 10.3 Å². The Bertz CT molecular complexity index is 986. The highest BCUT2D eigenvalue weighted by atomic mass is 16.6. The van der Waals surface area contributed by atoms with E-state index in [1.807, 2.05) is 50.2 Å². The van der Waals surface area contributed by atoms with Crippen LogP contribution in [0.5, 0.6) is 0 Å². The van der Waals surface area contributed by atoms with E-state index in [1.54, 1.807) is 14.0 Å². The van der Waals surface area contributed by atoms with Gasteiger partial charge in [0.15, 0.2) is 0 Å². The summed E-state index contributed by atoms with van der Waals surface area (Å²) in [6.07, 6.45) is -0.115. The highest BCUT2D eigenvalue weighted by molar-refractivity contribution is 6.11. The van der Waals surface area contributed by atoms with Gasteiger partial charge in [-0.05, 0) is 39.1 Å². The van der Waals surface area contributed by atoms with Crippen LogP contribution < -0.4 is 0 Å². The van der Waals surface area contributed by atoms with E-state index < -0.39 is 5.41 Å². The predicted molar refractivity (Wildman–Crippen MR) is 113 cm³/mol. The van der Waals surface area contributed by atoms with Crippen LogP contribution in [0.4, 0.5) is 0 Å². The SMILES string of the molecule is Cc1ccccc1C1(CC(=O)N(C)Cc2nonc2C)CC(=O)N(CCN(C)C)C1=O. The minimum Gasteiger partial charge on any atom is -0.340 e. The summed E-state index contributed by atoms with van der Waals surface area (Å²) in [5.74, 6) is -0.807. The maximum Gasteiger partial charge on any atom is 0.240 e. The van der Waals surface area contributed by atoms with E-state index in [0.717, 1.165) is 11.1 Å². The molecule has 0 spiro atoms. The van der Waals surface area contributed by atoms with Crippen molar-refractivity contribution >= 4 is 17.7 Å². The van der Waals surface area contributed by atoms with E-state index in [0.29, 0.717) is 24.5 Å². The normalized spacial score (nSPS) is 18.8. The summed E-state index contributed by atoms with van der Waals surface area (Å²) in [7, 11) is 5.42. The smallest absolute Gasteiger partial charge is 0.240 e. The number of hydrogen-bond donors (Lipinski definition) is 0. The van der Waals surface area contributed by atoms with Gasteiger partial charge in [0.1, 0.15) is 11.4 Å². The van der Waals surface area contributed by atoms with Crippen LogP contribution in [0, 0.1) is 13.8 Å². The standard InChI is InChI=1S/C22H29N5O4/c1-15-8-6-7-9-17(15)22(13-20(29)27(21(22)30)11-10-25(3)4)12-19(28)26(5)14-18-16(2)23-31-24-18/h6-9H,10-14H2,1-5H3. The molecule has 1 aromatic carbocycles. The van der Waals surface area contributed by atoms with Crippen LogP contribution in [0.2, 0.25) is 0 Å². The minimum absolute atomic E-state index is 0.0196. The number of amides is 3. The quantitative estimate of drug-likeness (QED) is 0.585. The number of likely N-dealkylation sites (N-methyl/N-ethyl adjacent to an activating group) is 1. The highest BCUT2D eigenvalue weighted by Crippen LogP contribution is 2.41. The van der Waals surface area contributed by atoms with Crippen LogP contribution in [0.15, 0.2) is 28.9 Å². The largest absolute Gasteiger partial charge is 0.340 e. The van der Waals surface area contributed by atoms with Crippen molar-refractivity contribution in [2.45, 2.75) is 38.6 Å². The summed E-state index contributed by atoms with van der Waals surface area (Å²) >= 11 is 0. The Morgan fingerprint density at radius 2 is 1.87 bits per heavy atom. The van der Waals surface area contributed by atoms with E-state index in [9.17, 15) is 14.4 Å². The van der Waals surface area contributed by atoms with Gasteiger partial charge in [-0.2, -0.15) is 0 Å². The van der Waals surface area contributed by atoms with Gasteiger partial charge >= 0.3 is 0 Å². The molecule has 1 fully saturated rings. The second kappa shape index (κ2) is 8.97. The molecule has 9 nitrogen and oxygen atoms in total. The molecule has 0 saturated carbocycles. The third-order valence-electron chi connectivity index (χ3n) is 5.85. The van der Waals surface area contributed by atoms with E-state index in [1.165, 1.54) is 9.80 Å². The number of imide groups is 1.